The van der Waals surface area contributed by atoms with E-state index in [-0.39, 0.29) is 23.8 Å². The number of nitriles is 1. The number of aliphatic hydroxyl groups is 1. The molecule has 0 saturated carbocycles. The normalized spacial score (nSPS) is 20.8. The molecule has 1 N–H and O–H groups in total. The minimum absolute atomic E-state index is 0.00200. The fraction of sp³-hybridized carbons (Fsp3) is 0.455. The molecule has 2 aliphatic heterocycles. The van der Waals surface area contributed by atoms with E-state index in [4.69, 9.17) is 5.26 Å². The summed E-state index contributed by atoms with van der Waals surface area (Å²) in [5.74, 6) is -0.0846. The first-order valence-electron chi connectivity index (χ1n) is 10.1. The topological polar surface area (TPSA) is 67.6 Å². The van der Waals surface area contributed by atoms with E-state index < -0.39 is 17.3 Å². The van der Waals surface area contributed by atoms with Crippen LogP contribution in [0.5, 0.6) is 0 Å². The summed E-state index contributed by atoms with van der Waals surface area (Å²) >= 11 is 1.40. The third kappa shape index (κ3) is 4.02. The van der Waals surface area contributed by atoms with Gasteiger partial charge in [-0.1, -0.05) is 6.07 Å². The molecule has 4 rings (SSSR count). The quantitative estimate of drug-likeness (QED) is 0.770. The SMILES string of the molecule is N#Cc1ccc(N2CC(CO)C3(CCN(C(=O)c4cccs4)CC3)C2)cc1C(F)(F)F. The summed E-state index contributed by atoms with van der Waals surface area (Å²) in [6.45, 7) is 2.02. The zero-order chi connectivity index (χ0) is 22.2. The Balaban J connectivity index is 1.52. The van der Waals surface area contributed by atoms with Crippen molar-refractivity contribution in [3.63, 3.8) is 0 Å². The molecule has 1 unspecified atom stereocenters. The second-order valence-electron chi connectivity index (χ2n) is 8.23. The van der Waals surface area contributed by atoms with Gasteiger partial charge in [0.15, 0.2) is 0 Å². The summed E-state index contributed by atoms with van der Waals surface area (Å²) in [4.78, 5) is 17.0. The smallest absolute Gasteiger partial charge is 0.396 e. The van der Waals surface area contributed by atoms with E-state index in [0.29, 0.717) is 49.6 Å². The molecule has 2 aromatic rings. The predicted molar refractivity (Wildman–Crippen MR) is 111 cm³/mol. The first kappa shape index (κ1) is 21.7. The third-order valence-corrected chi connectivity index (χ3v) is 7.46. The van der Waals surface area contributed by atoms with Crippen molar-refractivity contribution in [1.29, 1.82) is 5.26 Å². The molecular formula is C22H22F3N3O2S. The van der Waals surface area contributed by atoms with Gasteiger partial charge in [-0.2, -0.15) is 18.4 Å². The number of carbonyl (C=O) groups is 1. The number of aliphatic hydroxyl groups excluding tert-OH is 1. The number of thiophene rings is 1. The first-order chi connectivity index (χ1) is 14.8. The van der Waals surface area contributed by atoms with Gasteiger partial charge in [-0.3, -0.25) is 4.79 Å². The molecule has 2 aliphatic rings. The number of hydrogen-bond acceptors (Lipinski definition) is 5. The largest absolute Gasteiger partial charge is 0.417 e. The molecule has 5 nitrogen and oxygen atoms in total. The number of rotatable bonds is 3. The summed E-state index contributed by atoms with van der Waals surface area (Å²) in [7, 11) is 0. The molecule has 2 fully saturated rings. The van der Waals surface area contributed by atoms with Gasteiger partial charge in [0, 0.05) is 44.4 Å². The Morgan fingerprint density at radius 3 is 2.61 bits per heavy atom. The van der Waals surface area contributed by atoms with Crippen LogP contribution in [0.25, 0.3) is 0 Å². The lowest BCUT2D eigenvalue weighted by Gasteiger charge is -2.42. The van der Waals surface area contributed by atoms with E-state index in [1.54, 1.807) is 12.1 Å². The highest BCUT2D eigenvalue weighted by Crippen LogP contribution is 2.46. The van der Waals surface area contributed by atoms with Gasteiger partial charge in [0.25, 0.3) is 5.91 Å². The summed E-state index contributed by atoms with van der Waals surface area (Å²) < 4.78 is 40.1. The highest BCUT2D eigenvalue weighted by Gasteiger charge is 2.48. The number of likely N-dealkylation sites (tertiary alicyclic amines) is 1. The Kier molecular flexibility index (Phi) is 5.71. The lowest BCUT2D eigenvalue weighted by atomic mass is 9.71. The van der Waals surface area contributed by atoms with E-state index in [9.17, 15) is 23.1 Å². The molecule has 0 aliphatic carbocycles. The molecule has 1 atom stereocenters. The molecule has 1 spiro atoms. The molecule has 164 valence electrons. The number of alkyl halides is 3. The lowest BCUT2D eigenvalue weighted by Crippen LogP contribution is -2.47. The summed E-state index contributed by atoms with van der Waals surface area (Å²) in [6.07, 6.45) is -3.23. The second-order valence-corrected chi connectivity index (χ2v) is 9.18. The van der Waals surface area contributed by atoms with E-state index in [1.807, 2.05) is 21.2 Å². The van der Waals surface area contributed by atoms with Crippen molar-refractivity contribution in [2.45, 2.75) is 19.0 Å². The first-order valence-corrected chi connectivity index (χ1v) is 11.0. The Morgan fingerprint density at radius 1 is 1.29 bits per heavy atom. The van der Waals surface area contributed by atoms with Crippen LogP contribution in [0.4, 0.5) is 18.9 Å². The predicted octanol–water partition coefficient (Wildman–Crippen LogP) is 3.99. The maximum absolute atomic E-state index is 13.4. The maximum atomic E-state index is 13.4. The molecule has 0 bridgehead atoms. The number of hydrogen-bond donors (Lipinski definition) is 1. The number of halogens is 3. The van der Waals surface area contributed by atoms with E-state index in [1.165, 1.54) is 23.5 Å². The van der Waals surface area contributed by atoms with Crippen molar-refractivity contribution in [1.82, 2.24) is 4.90 Å². The summed E-state index contributed by atoms with van der Waals surface area (Å²) in [5.41, 5.74) is -1.19. The second kappa shape index (κ2) is 8.17. The van der Waals surface area contributed by atoms with Crippen LogP contribution in [0.1, 0.15) is 33.6 Å². The summed E-state index contributed by atoms with van der Waals surface area (Å²) in [5, 5.41) is 20.9. The van der Waals surface area contributed by atoms with Gasteiger partial charge in [0.2, 0.25) is 0 Å². The molecule has 3 heterocycles. The van der Waals surface area contributed by atoms with Gasteiger partial charge >= 0.3 is 6.18 Å². The Hall–Kier alpha value is -2.57. The highest BCUT2D eigenvalue weighted by atomic mass is 32.1. The van der Waals surface area contributed by atoms with Crippen LogP contribution in [0, 0.1) is 22.7 Å². The number of amides is 1. The van der Waals surface area contributed by atoms with Crippen molar-refractivity contribution < 1.29 is 23.1 Å². The third-order valence-electron chi connectivity index (χ3n) is 6.61. The highest BCUT2D eigenvalue weighted by molar-refractivity contribution is 7.12. The number of carbonyl (C=O) groups excluding carboxylic acids is 1. The standard InChI is InChI=1S/C22H22F3N3O2S/c23-22(24,25)18-10-17(4-3-15(18)11-26)28-12-16(13-29)21(14-28)5-7-27(8-6-21)20(30)19-2-1-9-31-19/h1-4,9-10,16,29H,5-8,12-14H2. The number of piperidine rings is 1. The fourth-order valence-electron chi connectivity index (χ4n) is 4.82. The average Bonchev–Trinajstić information content (AvgIpc) is 3.41. The average molecular weight is 449 g/mol. The van der Waals surface area contributed by atoms with Crippen LogP contribution in [-0.2, 0) is 6.18 Å². The van der Waals surface area contributed by atoms with E-state index in [2.05, 4.69) is 0 Å². The Bertz CT molecular complexity index is 992. The molecule has 9 heteroatoms. The Morgan fingerprint density at radius 2 is 2.03 bits per heavy atom. The van der Waals surface area contributed by atoms with Crippen molar-refractivity contribution in [2.24, 2.45) is 11.3 Å². The molecule has 0 radical (unpaired) electrons. The van der Waals surface area contributed by atoms with Crippen molar-refractivity contribution in [3.05, 3.63) is 51.7 Å². The Labute approximate surface area is 182 Å². The van der Waals surface area contributed by atoms with Gasteiger partial charge in [-0.05, 0) is 47.9 Å². The fourth-order valence-corrected chi connectivity index (χ4v) is 5.51. The zero-order valence-electron chi connectivity index (χ0n) is 16.7. The minimum Gasteiger partial charge on any atom is -0.396 e. The number of anilines is 1. The molecule has 1 aromatic heterocycles. The minimum atomic E-state index is -4.61. The molecule has 1 aromatic carbocycles. The van der Waals surface area contributed by atoms with Crippen LogP contribution in [0.2, 0.25) is 0 Å². The summed E-state index contributed by atoms with van der Waals surface area (Å²) in [6, 6.07) is 9.02. The van der Waals surface area contributed by atoms with Gasteiger partial charge < -0.3 is 14.9 Å². The van der Waals surface area contributed by atoms with Crippen LogP contribution in [0.15, 0.2) is 35.7 Å². The van der Waals surface area contributed by atoms with Crippen LogP contribution in [0.3, 0.4) is 0 Å². The molecule has 31 heavy (non-hydrogen) atoms. The lowest BCUT2D eigenvalue weighted by molar-refractivity contribution is -0.137. The number of nitrogens with zero attached hydrogens (tertiary/aromatic N) is 3. The van der Waals surface area contributed by atoms with Crippen LogP contribution in [-0.4, -0.2) is 48.7 Å². The van der Waals surface area contributed by atoms with Crippen molar-refractivity contribution in [2.75, 3.05) is 37.7 Å². The van der Waals surface area contributed by atoms with Gasteiger partial charge in [0.1, 0.15) is 0 Å². The number of benzene rings is 1. The van der Waals surface area contributed by atoms with Crippen LogP contribution >= 0.6 is 11.3 Å². The van der Waals surface area contributed by atoms with E-state index in [0.717, 1.165) is 6.07 Å². The van der Waals surface area contributed by atoms with Gasteiger partial charge in [-0.15, -0.1) is 11.3 Å². The van der Waals surface area contributed by atoms with E-state index >= 15 is 0 Å². The maximum Gasteiger partial charge on any atom is 0.417 e. The van der Waals surface area contributed by atoms with Crippen LogP contribution < -0.4 is 4.90 Å². The molecule has 2 saturated heterocycles. The van der Waals surface area contributed by atoms with Crippen molar-refractivity contribution >= 4 is 22.9 Å². The molecular weight excluding hydrogens is 427 g/mol. The molecule has 1 amide bonds. The van der Waals surface area contributed by atoms with Gasteiger partial charge in [-0.25, -0.2) is 0 Å². The van der Waals surface area contributed by atoms with Crippen molar-refractivity contribution in [3.8, 4) is 6.07 Å². The van der Waals surface area contributed by atoms with Gasteiger partial charge in [0.05, 0.1) is 22.1 Å². The monoisotopic (exact) mass is 449 g/mol. The zero-order valence-corrected chi connectivity index (χ0v) is 17.5.